The lowest BCUT2D eigenvalue weighted by Gasteiger charge is -2.27. The highest BCUT2D eigenvalue weighted by Gasteiger charge is 2.31. The summed E-state index contributed by atoms with van der Waals surface area (Å²) >= 11 is 0. The second-order valence-corrected chi connectivity index (χ2v) is 7.90. The number of aromatic nitrogens is 3. The van der Waals surface area contributed by atoms with E-state index in [9.17, 15) is 13.9 Å². The van der Waals surface area contributed by atoms with Gasteiger partial charge >= 0.3 is 0 Å². The summed E-state index contributed by atoms with van der Waals surface area (Å²) in [5.41, 5.74) is 2.23. The minimum Gasteiger partial charge on any atom is -0.381 e. The van der Waals surface area contributed by atoms with Crippen LogP contribution in [0.5, 0.6) is 0 Å². The van der Waals surface area contributed by atoms with Crippen LogP contribution >= 0.6 is 0 Å². The summed E-state index contributed by atoms with van der Waals surface area (Å²) in [6, 6.07) is 21.2. The summed E-state index contributed by atoms with van der Waals surface area (Å²) in [6.07, 6.45) is 1.66. The Bertz CT molecular complexity index is 1390. The average Bonchev–Trinajstić information content (AvgIpc) is 3.35. The second-order valence-electron chi connectivity index (χ2n) is 7.90. The minimum absolute atomic E-state index is 0.0977. The van der Waals surface area contributed by atoms with Gasteiger partial charge in [-0.05, 0) is 66.4 Å². The Hall–Kier alpha value is -3.51. The molecule has 0 spiro atoms. The molecule has 0 saturated heterocycles. The fourth-order valence-corrected chi connectivity index (χ4v) is 4.14. The van der Waals surface area contributed by atoms with Crippen LogP contribution in [0.25, 0.3) is 27.5 Å². The maximum Gasteiger partial charge on any atom is 0.136 e. The van der Waals surface area contributed by atoms with E-state index in [4.69, 9.17) is 0 Å². The van der Waals surface area contributed by atoms with Crippen molar-refractivity contribution in [1.82, 2.24) is 14.3 Å². The smallest absolute Gasteiger partial charge is 0.136 e. The Kier molecular flexibility index (Phi) is 4.59. The number of fused-ring (bicyclic) bond motifs is 2. The van der Waals surface area contributed by atoms with Gasteiger partial charge in [0.25, 0.3) is 0 Å². The number of hydrogen-bond donors (Lipinski definition) is 1. The predicted octanol–water partition coefficient (Wildman–Crippen LogP) is 5.29. The first kappa shape index (κ1) is 19.5. The van der Waals surface area contributed by atoms with E-state index in [0.717, 1.165) is 33.2 Å². The van der Waals surface area contributed by atoms with E-state index in [1.807, 2.05) is 47.9 Å². The normalized spacial score (nSPS) is 13.7. The van der Waals surface area contributed by atoms with Gasteiger partial charge in [-0.1, -0.05) is 24.3 Å². The molecule has 0 amide bonds. The zero-order valence-electron chi connectivity index (χ0n) is 17.0. The van der Waals surface area contributed by atoms with Gasteiger partial charge in [0.05, 0.1) is 23.9 Å². The minimum atomic E-state index is -1.68. The van der Waals surface area contributed by atoms with Crippen LogP contribution in [0.2, 0.25) is 0 Å². The van der Waals surface area contributed by atoms with Crippen molar-refractivity contribution in [3.8, 4) is 5.69 Å². The van der Waals surface area contributed by atoms with E-state index in [2.05, 4.69) is 5.10 Å². The third-order valence-corrected chi connectivity index (χ3v) is 5.83. The van der Waals surface area contributed by atoms with Gasteiger partial charge in [0.1, 0.15) is 18.1 Å². The molecule has 0 bridgehead atoms. The second kappa shape index (κ2) is 7.32. The van der Waals surface area contributed by atoms with E-state index in [0.29, 0.717) is 5.56 Å². The van der Waals surface area contributed by atoms with Crippen molar-refractivity contribution in [2.75, 3.05) is 6.67 Å². The Morgan fingerprint density at radius 3 is 2.48 bits per heavy atom. The molecule has 1 N–H and O–H groups in total. The summed E-state index contributed by atoms with van der Waals surface area (Å²) in [7, 11) is 0. The summed E-state index contributed by atoms with van der Waals surface area (Å²) in [5.74, 6) is -0.316. The van der Waals surface area contributed by atoms with Crippen LogP contribution < -0.4 is 0 Å². The van der Waals surface area contributed by atoms with E-state index in [-0.39, 0.29) is 12.4 Å². The van der Waals surface area contributed by atoms with Crippen LogP contribution in [0.4, 0.5) is 8.78 Å². The van der Waals surface area contributed by atoms with E-state index >= 15 is 0 Å². The van der Waals surface area contributed by atoms with Crippen LogP contribution in [-0.4, -0.2) is 26.1 Å². The van der Waals surface area contributed by atoms with E-state index < -0.39 is 12.3 Å². The Balaban J connectivity index is 1.55. The molecular weight excluding hydrogens is 396 g/mol. The first-order chi connectivity index (χ1) is 15.0. The Morgan fingerprint density at radius 1 is 0.935 bits per heavy atom. The Morgan fingerprint density at radius 2 is 1.71 bits per heavy atom. The number of aliphatic hydroxyl groups is 1. The molecule has 1 unspecified atom stereocenters. The quantitative estimate of drug-likeness (QED) is 0.423. The van der Waals surface area contributed by atoms with Gasteiger partial charge in [0.15, 0.2) is 0 Å². The molecule has 5 aromatic rings. The fourth-order valence-electron chi connectivity index (χ4n) is 4.14. The van der Waals surface area contributed by atoms with Crippen LogP contribution in [0, 0.1) is 12.7 Å². The van der Waals surface area contributed by atoms with Gasteiger partial charge in [-0.3, -0.25) is 0 Å². The van der Waals surface area contributed by atoms with Crippen LogP contribution in [0.1, 0.15) is 11.3 Å². The van der Waals surface area contributed by atoms with Gasteiger partial charge in [-0.25, -0.2) is 13.5 Å². The van der Waals surface area contributed by atoms with E-state index in [1.165, 1.54) is 12.1 Å². The molecule has 0 aliphatic heterocycles. The Labute approximate surface area is 178 Å². The first-order valence-corrected chi connectivity index (χ1v) is 10.1. The molecule has 2 heterocycles. The van der Waals surface area contributed by atoms with Crippen LogP contribution in [0.3, 0.4) is 0 Å². The third-order valence-electron chi connectivity index (χ3n) is 5.83. The number of para-hydroxylation sites is 1. The largest absolute Gasteiger partial charge is 0.381 e. The van der Waals surface area contributed by atoms with Gasteiger partial charge in [0, 0.05) is 16.6 Å². The molecule has 0 saturated carbocycles. The molecule has 0 fully saturated rings. The number of halogens is 2. The lowest BCUT2D eigenvalue weighted by Crippen LogP contribution is -2.34. The maximum atomic E-state index is 14.2. The average molecular weight is 417 g/mol. The number of hydrogen-bond acceptors (Lipinski definition) is 2. The first-order valence-electron chi connectivity index (χ1n) is 10.1. The fraction of sp³-hybridized carbons (Fsp3) is 0.160. The molecule has 0 aliphatic rings. The zero-order valence-corrected chi connectivity index (χ0v) is 17.0. The third kappa shape index (κ3) is 3.29. The number of alkyl halides is 1. The molecular formula is C25H21F2N3O. The molecule has 1 atom stereocenters. The molecule has 3 aromatic carbocycles. The van der Waals surface area contributed by atoms with Gasteiger partial charge in [-0.2, -0.15) is 5.10 Å². The lowest BCUT2D eigenvalue weighted by molar-refractivity contribution is -0.00457. The van der Waals surface area contributed by atoms with Crippen molar-refractivity contribution in [3.63, 3.8) is 0 Å². The SMILES string of the molecule is Cc1cc2ccccc2n1CC(O)(CF)c1ccc2c(cnn2-c2ccc(F)cc2)c1. The van der Waals surface area contributed by atoms with Crippen molar-refractivity contribution in [3.05, 3.63) is 96.1 Å². The summed E-state index contributed by atoms with van der Waals surface area (Å²) in [6.45, 7) is 1.13. The number of rotatable bonds is 5. The highest BCUT2D eigenvalue weighted by atomic mass is 19.1. The number of aryl methyl sites for hydroxylation is 1. The molecule has 0 aliphatic carbocycles. The van der Waals surface area contributed by atoms with Gasteiger partial charge in [0.2, 0.25) is 0 Å². The van der Waals surface area contributed by atoms with Crippen molar-refractivity contribution in [2.24, 2.45) is 0 Å². The summed E-state index contributed by atoms with van der Waals surface area (Å²) < 4.78 is 31.1. The molecule has 4 nitrogen and oxygen atoms in total. The highest BCUT2D eigenvalue weighted by molar-refractivity contribution is 5.82. The van der Waals surface area contributed by atoms with Crippen molar-refractivity contribution < 1.29 is 13.9 Å². The molecule has 5 rings (SSSR count). The topological polar surface area (TPSA) is 43.0 Å². The van der Waals surface area contributed by atoms with Gasteiger partial charge < -0.3 is 9.67 Å². The molecule has 156 valence electrons. The molecule has 2 aromatic heterocycles. The standard InChI is InChI=1S/C25H21F2N3O/c1-17-12-18-4-2-3-5-23(18)29(17)16-25(31,15-26)20-6-11-24-19(13-20)14-28-30(24)22-9-7-21(27)8-10-22/h2-14,31H,15-16H2,1H3. The molecule has 31 heavy (non-hydrogen) atoms. The summed E-state index contributed by atoms with van der Waals surface area (Å²) in [4.78, 5) is 0. The zero-order chi connectivity index (χ0) is 21.6. The van der Waals surface area contributed by atoms with Crippen molar-refractivity contribution >= 4 is 21.8 Å². The lowest BCUT2D eigenvalue weighted by atomic mass is 9.93. The van der Waals surface area contributed by atoms with Crippen molar-refractivity contribution in [1.29, 1.82) is 0 Å². The molecule has 6 heteroatoms. The monoisotopic (exact) mass is 417 g/mol. The van der Waals surface area contributed by atoms with Crippen LogP contribution in [-0.2, 0) is 12.1 Å². The number of nitrogens with zero attached hydrogens (tertiary/aromatic N) is 3. The van der Waals surface area contributed by atoms with Crippen molar-refractivity contribution in [2.45, 2.75) is 19.1 Å². The predicted molar refractivity (Wildman–Crippen MR) is 118 cm³/mol. The van der Waals surface area contributed by atoms with Crippen LogP contribution in [0.15, 0.2) is 79.0 Å². The summed E-state index contributed by atoms with van der Waals surface area (Å²) in [5, 5.41) is 17.5. The van der Waals surface area contributed by atoms with E-state index in [1.54, 1.807) is 35.1 Å². The van der Waals surface area contributed by atoms with Gasteiger partial charge in [-0.15, -0.1) is 0 Å². The highest BCUT2D eigenvalue weighted by Crippen LogP contribution is 2.31. The number of benzene rings is 3. The maximum absolute atomic E-state index is 14.2. The molecule has 0 radical (unpaired) electrons.